The molecule has 0 bridgehead atoms. The van der Waals surface area contributed by atoms with Gasteiger partial charge in [0, 0.05) is 24.3 Å². The lowest BCUT2D eigenvalue weighted by Crippen LogP contribution is -2.36. The van der Waals surface area contributed by atoms with Crippen molar-refractivity contribution in [1.82, 2.24) is 9.97 Å². The first-order valence-electron chi connectivity index (χ1n) is 9.75. The number of phenolic OH excluding ortho intramolecular Hbond substituents is 2. The molecule has 0 radical (unpaired) electrons. The average molecular weight is 443 g/mol. The highest BCUT2D eigenvalue weighted by Crippen LogP contribution is 2.28. The molecule has 3 aromatic rings. The Morgan fingerprint density at radius 3 is 2.58 bits per heavy atom. The van der Waals surface area contributed by atoms with Crippen molar-refractivity contribution in [3.63, 3.8) is 0 Å². The van der Waals surface area contributed by atoms with Crippen LogP contribution in [0.5, 0.6) is 11.5 Å². The van der Waals surface area contributed by atoms with Crippen LogP contribution in [0.4, 0.5) is 17.3 Å². The van der Waals surface area contributed by atoms with Crippen LogP contribution in [0.2, 0.25) is 0 Å². The van der Waals surface area contributed by atoms with E-state index in [0.717, 1.165) is 0 Å². The predicted molar refractivity (Wildman–Crippen MR) is 124 cm³/mol. The quantitative estimate of drug-likeness (QED) is 0.153. The second kappa shape index (κ2) is 9.93. The summed E-state index contributed by atoms with van der Waals surface area (Å²) in [6.07, 6.45) is 1.24. The minimum atomic E-state index is -0.528. The van der Waals surface area contributed by atoms with Crippen LogP contribution >= 0.6 is 0 Å². The highest BCUT2D eigenvalue weighted by atomic mass is 16.3. The van der Waals surface area contributed by atoms with Crippen molar-refractivity contribution >= 4 is 28.9 Å². The first kappa shape index (κ1) is 22.8. The fraction of sp³-hybridized carbons (Fsp3) is 0.0870. The van der Waals surface area contributed by atoms with Crippen molar-refractivity contribution in [2.75, 3.05) is 29.0 Å². The van der Waals surface area contributed by atoms with E-state index >= 15 is 0 Å². The zero-order valence-corrected chi connectivity index (χ0v) is 17.5. The van der Waals surface area contributed by atoms with Gasteiger partial charge in [0.15, 0.2) is 11.5 Å². The van der Waals surface area contributed by atoms with Crippen molar-refractivity contribution < 1.29 is 15.0 Å². The van der Waals surface area contributed by atoms with Gasteiger partial charge in [0.2, 0.25) is 0 Å². The average Bonchev–Trinajstić information content (AvgIpc) is 2.83. The standard InChI is InChI=1S/C23H21N7O3/c1-14(12-24)23(33)30(16-5-3-2-4-6-16)10-9-27-22-19(21(26)28-13-29-22)20(25)15-7-8-17(31)18(32)11-15/h2-8,11,13,25,31-32H,1,9-10H2,(H3,26,27,28,29). The fourth-order valence-corrected chi connectivity index (χ4v) is 3.06. The third-order valence-electron chi connectivity index (χ3n) is 4.72. The molecule has 0 atom stereocenters. The van der Waals surface area contributed by atoms with Gasteiger partial charge >= 0.3 is 0 Å². The van der Waals surface area contributed by atoms with Crippen LogP contribution in [0.25, 0.3) is 0 Å². The summed E-state index contributed by atoms with van der Waals surface area (Å²) >= 11 is 0. The van der Waals surface area contributed by atoms with E-state index in [2.05, 4.69) is 21.9 Å². The first-order valence-corrected chi connectivity index (χ1v) is 9.75. The van der Waals surface area contributed by atoms with Gasteiger partial charge in [-0.1, -0.05) is 24.8 Å². The third-order valence-corrected chi connectivity index (χ3v) is 4.72. The second-order valence-corrected chi connectivity index (χ2v) is 6.87. The van der Waals surface area contributed by atoms with Crippen LogP contribution in [0, 0.1) is 16.7 Å². The summed E-state index contributed by atoms with van der Waals surface area (Å²) < 4.78 is 0. The van der Waals surface area contributed by atoms with E-state index in [4.69, 9.17) is 16.4 Å². The maximum Gasteiger partial charge on any atom is 0.268 e. The van der Waals surface area contributed by atoms with Gasteiger partial charge in [-0.3, -0.25) is 10.2 Å². The maximum atomic E-state index is 12.6. The van der Waals surface area contributed by atoms with E-state index in [0.29, 0.717) is 11.3 Å². The summed E-state index contributed by atoms with van der Waals surface area (Å²) in [7, 11) is 0. The molecule has 33 heavy (non-hydrogen) atoms. The number of carbonyl (C=O) groups excluding carboxylic acids is 1. The highest BCUT2D eigenvalue weighted by Gasteiger charge is 2.20. The van der Waals surface area contributed by atoms with E-state index in [1.807, 2.05) is 6.07 Å². The Labute approximate surface area is 189 Å². The van der Waals surface area contributed by atoms with E-state index in [-0.39, 0.29) is 53.1 Å². The van der Waals surface area contributed by atoms with Crippen molar-refractivity contribution in [2.24, 2.45) is 0 Å². The molecule has 10 heteroatoms. The number of nitrogens with zero attached hydrogens (tertiary/aromatic N) is 4. The number of nitrogens with two attached hydrogens (primary N) is 1. The van der Waals surface area contributed by atoms with Gasteiger partial charge < -0.3 is 26.2 Å². The molecule has 1 aromatic heterocycles. The van der Waals surface area contributed by atoms with Crippen LogP contribution in [0.3, 0.4) is 0 Å². The Morgan fingerprint density at radius 2 is 1.91 bits per heavy atom. The van der Waals surface area contributed by atoms with Crippen molar-refractivity contribution in [1.29, 1.82) is 10.7 Å². The molecule has 0 aliphatic carbocycles. The Bertz CT molecular complexity index is 1250. The molecular weight excluding hydrogens is 422 g/mol. The molecule has 0 fully saturated rings. The van der Waals surface area contributed by atoms with Crippen LogP contribution in [0.15, 0.2) is 67.0 Å². The maximum absolute atomic E-state index is 12.6. The zero-order chi connectivity index (χ0) is 24.0. The lowest BCUT2D eigenvalue weighted by atomic mass is 10.0. The van der Waals surface area contributed by atoms with Crippen molar-refractivity contribution in [3.8, 4) is 17.6 Å². The number of phenols is 2. The minimum Gasteiger partial charge on any atom is -0.504 e. The number of amides is 1. The van der Waals surface area contributed by atoms with Crippen LogP contribution in [-0.4, -0.2) is 44.9 Å². The molecular formula is C23H21N7O3. The van der Waals surface area contributed by atoms with E-state index in [1.165, 1.54) is 29.4 Å². The third kappa shape index (κ3) is 5.05. The molecule has 0 spiro atoms. The molecule has 1 amide bonds. The number of hydrogen-bond acceptors (Lipinski definition) is 9. The number of aromatic hydroxyl groups is 2. The summed E-state index contributed by atoms with van der Waals surface area (Å²) in [5, 5.41) is 39.9. The molecule has 0 aliphatic heterocycles. The highest BCUT2D eigenvalue weighted by molar-refractivity contribution is 6.16. The number of benzene rings is 2. The monoisotopic (exact) mass is 443 g/mol. The summed E-state index contributed by atoms with van der Waals surface area (Å²) in [5.41, 5.74) is 6.82. The first-order chi connectivity index (χ1) is 15.8. The van der Waals surface area contributed by atoms with Crippen molar-refractivity contribution in [2.45, 2.75) is 0 Å². The Hall–Kier alpha value is -4.91. The Morgan fingerprint density at radius 1 is 1.18 bits per heavy atom. The molecule has 1 heterocycles. The van der Waals surface area contributed by atoms with E-state index < -0.39 is 5.91 Å². The summed E-state index contributed by atoms with van der Waals surface area (Å²) in [4.78, 5) is 22.2. The van der Waals surface area contributed by atoms with Gasteiger partial charge in [-0.25, -0.2) is 9.97 Å². The van der Waals surface area contributed by atoms with Gasteiger partial charge in [-0.2, -0.15) is 5.26 Å². The lowest BCUT2D eigenvalue weighted by Gasteiger charge is -2.23. The topological polar surface area (TPSA) is 172 Å². The summed E-state index contributed by atoms with van der Waals surface area (Å²) in [5.74, 6) is -0.928. The number of carbonyl (C=O) groups is 1. The van der Waals surface area contributed by atoms with Gasteiger partial charge in [0.05, 0.1) is 11.3 Å². The van der Waals surface area contributed by atoms with Crippen LogP contribution < -0.4 is 16.0 Å². The van der Waals surface area contributed by atoms with Gasteiger partial charge in [0.25, 0.3) is 5.91 Å². The molecule has 0 saturated heterocycles. The van der Waals surface area contributed by atoms with Crippen LogP contribution in [0.1, 0.15) is 11.1 Å². The number of hydrogen-bond donors (Lipinski definition) is 5. The number of anilines is 3. The number of nitrogen functional groups attached to an aromatic ring is 1. The second-order valence-electron chi connectivity index (χ2n) is 6.87. The minimum absolute atomic E-state index is 0.0407. The van der Waals surface area contributed by atoms with Gasteiger partial charge in [-0.15, -0.1) is 0 Å². The Balaban J connectivity index is 1.84. The molecule has 0 unspecified atom stereocenters. The Kier molecular flexibility index (Phi) is 6.85. The summed E-state index contributed by atoms with van der Waals surface area (Å²) in [6.45, 7) is 3.88. The zero-order valence-electron chi connectivity index (χ0n) is 17.5. The number of nitriles is 1. The number of aromatic nitrogens is 2. The lowest BCUT2D eigenvalue weighted by molar-refractivity contribution is -0.114. The largest absolute Gasteiger partial charge is 0.504 e. The molecule has 0 aliphatic rings. The molecule has 10 nitrogen and oxygen atoms in total. The molecule has 0 saturated carbocycles. The number of rotatable bonds is 8. The normalized spacial score (nSPS) is 10.2. The molecule has 3 rings (SSSR count). The fourth-order valence-electron chi connectivity index (χ4n) is 3.06. The van der Waals surface area contributed by atoms with Crippen LogP contribution in [-0.2, 0) is 4.79 Å². The SMILES string of the molecule is C=C(C#N)C(=O)N(CCNc1ncnc(N)c1C(=N)c1ccc(O)c(O)c1)c1ccccc1. The van der Waals surface area contributed by atoms with Crippen molar-refractivity contribution in [3.05, 3.63) is 78.1 Å². The predicted octanol–water partition coefficient (Wildman–Crippen LogP) is 2.41. The number of para-hydroxylation sites is 1. The summed E-state index contributed by atoms with van der Waals surface area (Å²) in [6, 6.07) is 14.6. The van der Waals surface area contributed by atoms with Gasteiger partial charge in [-0.05, 0) is 30.3 Å². The molecule has 166 valence electrons. The molecule has 6 N–H and O–H groups in total. The molecule has 2 aromatic carbocycles. The number of nitrogens with one attached hydrogen (secondary N) is 2. The van der Waals surface area contributed by atoms with E-state index in [9.17, 15) is 15.0 Å². The van der Waals surface area contributed by atoms with E-state index in [1.54, 1.807) is 30.3 Å². The van der Waals surface area contributed by atoms with Gasteiger partial charge in [0.1, 0.15) is 29.6 Å². The smallest absolute Gasteiger partial charge is 0.268 e.